The van der Waals surface area contributed by atoms with Crippen LogP contribution in [0.4, 0.5) is 0 Å². The lowest BCUT2D eigenvalue weighted by Crippen LogP contribution is -2.33. The largest absolute Gasteiger partial charge is 0.466 e. The molecule has 0 aromatic carbocycles. The maximum Gasteiger partial charge on any atom is 0.312 e. The van der Waals surface area contributed by atoms with E-state index >= 15 is 0 Å². The molecule has 4 nitrogen and oxygen atoms in total. The van der Waals surface area contributed by atoms with Crippen molar-refractivity contribution in [2.45, 2.75) is 44.7 Å². The number of aromatic nitrogens is 1. The molecule has 3 heterocycles. The molecule has 1 aromatic heterocycles. The number of fused-ring (bicyclic) bond motifs is 4. The maximum absolute atomic E-state index is 11.5. The van der Waals surface area contributed by atoms with Gasteiger partial charge < -0.3 is 4.74 Å². The second-order valence-electron chi connectivity index (χ2n) is 5.02. The maximum atomic E-state index is 11.5. The summed E-state index contributed by atoms with van der Waals surface area (Å²) in [6, 6.07) is 1.19. The van der Waals surface area contributed by atoms with E-state index in [0.29, 0.717) is 25.1 Å². The number of rotatable bonds is 3. The van der Waals surface area contributed by atoms with Crippen LogP contribution < -0.4 is 0 Å². The molecule has 0 amide bonds. The van der Waals surface area contributed by atoms with E-state index in [2.05, 4.69) is 16.9 Å². The third-order valence-electron chi connectivity index (χ3n) is 3.95. The van der Waals surface area contributed by atoms with Crippen LogP contribution in [0.3, 0.4) is 0 Å². The van der Waals surface area contributed by atoms with E-state index in [1.54, 1.807) is 11.3 Å². The van der Waals surface area contributed by atoms with E-state index < -0.39 is 0 Å². The number of carbonyl (C=O) groups excluding carboxylic acids is 1. The Hall–Kier alpha value is -0.940. The molecular weight excluding hydrogens is 248 g/mol. The minimum absolute atomic E-state index is 0.165. The van der Waals surface area contributed by atoms with Crippen molar-refractivity contribution in [3.63, 3.8) is 0 Å². The van der Waals surface area contributed by atoms with E-state index in [1.807, 2.05) is 6.92 Å². The molecule has 1 fully saturated rings. The molecule has 0 N–H and O–H groups in total. The number of nitrogens with zero attached hydrogens (tertiary/aromatic N) is 2. The highest BCUT2D eigenvalue weighted by Crippen LogP contribution is 2.44. The first-order chi connectivity index (χ1) is 8.69. The van der Waals surface area contributed by atoms with Gasteiger partial charge in [-0.15, -0.1) is 11.3 Å². The predicted octanol–water partition coefficient (Wildman–Crippen LogP) is 1.94. The lowest BCUT2D eigenvalue weighted by Gasteiger charge is -2.29. The number of likely N-dealkylation sites (N-methyl/N-ethyl adjacent to an activating group) is 1. The Morgan fingerprint density at radius 1 is 1.56 bits per heavy atom. The average molecular weight is 266 g/mol. The summed E-state index contributed by atoms with van der Waals surface area (Å²) in [7, 11) is 2.20. The molecule has 1 aromatic rings. The molecule has 1 saturated heterocycles. The number of hydrogen-bond donors (Lipinski definition) is 0. The molecule has 2 aliphatic rings. The van der Waals surface area contributed by atoms with Gasteiger partial charge in [0.2, 0.25) is 0 Å². The molecule has 0 radical (unpaired) electrons. The van der Waals surface area contributed by atoms with Crippen molar-refractivity contribution in [1.82, 2.24) is 9.88 Å². The zero-order valence-corrected chi connectivity index (χ0v) is 11.6. The number of thiazole rings is 1. The molecule has 0 spiro atoms. The summed E-state index contributed by atoms with van der Waals surface area (Å²) in [5, 5.41) is 0.916. The van der Waals surface area contributed by atoms with Crippen molar-refractivity contribution in [2.75, 3.05) is 13.7 Å². The Morgan fingerprint density at radius 3 is 3.17 bits per heavy atom. The summed E-state index contributed by atoms with van der Waals surface area (Å²) in [6.07, 6.45) is 3.88. The van der Waals surface area contributed by atoms with Crippen LogP contribution >= 0.6 is 11.3 Å². The minimum Gasteiger partial charge on any atom is -0.466 e. The van der Waals surface area contributed by atoms with Crippen LogP contribution in [0, 0.1) is 0 Å². The molecule has 2 bridgehead atoms. The highest BCUT2D eigenvalue weighted by atomic mass is 32.1. The number of carbonyl (C=O) groups is 1. The highest BCUT2D eigenvalue weighted by Gasteiger charge is 2.39. The standard InChI is InChI=1S/C13H18N2O2S/c1-3-17-12(16)7-11-14-9-6-8-4-5-10(15(8)2)13(9)18-11/h8,10H,3-7H2,1-2H3. The van der Waals surface area contributed by atoms with Crippen molar-refractivity contribution >= 4 is 17.3 Å². The molecular formula is C13H18N2O2S. The molecule has 98 valence electrons. The summed E-state index contributed by atoms with van der Waals surface area (Å²) in [6.45, 7) is 2.27. The van der Waals surface area contributed by atoms with E-state index in [0.717, 1.165) is 11.4 Å². The van der Waals surface area contributed by atoms with Crippen LogP contribution in [0.15, 0.2) is 0 Å². The van der Waals surface area contributed by atoms with Crippen molar-refractivity contribution in [2.24, 2.45) is 0 Å². The van der Waals surface area contributed by atoms with Crippen LogP contribution in [0.2, 0.25) is 0 Å². The molecule has 0 aliphatic carbocycles. The fraction of sp³-hybridized carbons (Fsp3) is 0.692. The van der Waals surface area contributed by atoms with Crippen LogP contribution in [0.1, 0.15) is 41.4 Å². The number of hydrogen-bond acceptors (Lipinski definition) is 5. The van der Waals surface area contributed by atoms with Gasteiger partial charge in [0.25, 0.3) is 0 Å². The lowest BCUT2D eigenvalue weighted by molar-refractivity contribution is -0.142. The van der Waals surface area contributed by atoms with Gasteiger partial charge in [0.05, 0.1) is 18.7 Å². The SMILES string of the molecule is CCOC(=O)Cc1nc2c(s1)C1CCC(C2)N1C. The summed E-state index contributed by atoms with van der Waals surface area (Å²) in [5.41, 5.74) is 1.23. The van der Waals surface area contributed by atoms with E-state index in [-0.39, 0.29) is 5.97 Å². The third-order valence-corrected chi connectivity index (χ3v) is 5.14. The third kappa shape index (κ3) is 1.95. The van der Waals surface area contributed by atoms with E-state index in [9.17, 15) is 4.79 Å². The lowest BCUT2D eigenvalue weighted by atomic mass is 10.1. The molecule has 0 saturated carbocycles. The van der Waals surface area contributed by atoms with Crippen molar-refractivity contribution in [3.8, 4) is 0 Å². The van der Waals surface area contributed by atoms with Gasteiger partial charge in [0.1, 0.15) is 5.01 Å². The summed E-state index contributed by atoms with van der Waals surface area (Å²) < 4.78 is 4.98. The van der Waals surface area contributed by atoms with Crippen LogP contribution in [0.25, 0.3) is 0 Å². The van der Waals surface area contributed by atoms with Crippen LogP contribution in [-0.4, -0.2) is 35.5 Å². The average Bonchev–Trinajstić information content (AvgIpc) is 2.81. The van der Waals surface area contributed by atoms with Gasteiger partial charge >= 0.3 is 5.97 Å². The minimum atomic E-state index is -0.165. The fourth-order valence-corrected chi connectivity index (χ4v) is 4.30. The first-order valence-corrected chi connectivity index (χ1v) is 7.36. The summed E-state index contributed by atoms with van der Waals surface area (Å²) >= 11 is 1.70. The van der Waals surface area contributed by atoms with Gasteiger partial charge in [-0.1, -0.05) is 0 Å². The molecule has 18 heavy (non-hydrogen) atoms. The Morgan fingerprint density at radius 2 is 2.39 bits per heavy atom. The molecule has 5 heteroatoms. The van der Waals surface area contributed by atoms with Gasteiger partial charge in [0.15, 0.2) is 0 Å². The van der Waals surface area contributed by atoms with Crippen LogP contribution in [-0.2, 0) is 22.4 Å². The van der Waals surface area contributed by atoms with Gasteiger partial charge in [0, 0.05) is 23.4 Å². The normalized spacial score (nSPS) is 26.1. The summed E-state index contributed by atoms with van der Waals surface area (Å²) in [4.78, 5) is 20.0. The smallest absolute Gasteiger partial charge is 0.312 e. The van der Waals surface area contributed by atoms with Gasteiger partial charge in [-0.25, -0.2) is 4.98 Å². The first-order valence-electron chi connectivity index (χ1n) is 6.55. The Balaban J connectivity index is 1.79. The second-order valence-corrected chi connectivity index (χ2v) is 6.13. The molecule has 2 atom stereocenters. The van der Waals surface area contributed by atoms with Crippen molar-refractivity contribution in [1.29, 1.82) is 0 Å². The zero-order chi connectivity index (χ0) is 12.7. The van der Waals surface area contributed by atoms with Gasteiger partial charge in [-0.05, 0) is 26.8 Å². The Bertz CT molecular complexity index is 472. The molecule has 2 aliphatic heterocycles. The molecule has 2 unspecified atom stereocenters. The fourth-order valence-electron chi connectivity index (χ4n) is 3.03. The van der Waals surface area contributed by atoms with E-state index in [4.69, 9.17) is 4.74 Å². The summed E-state index contributed by atoms with van der Waals surface area (Å²) in [5.74, 6) is -0.165. The monoisotopic (exact) mass is 266 g/mol. The van der Waals surface area contributed by atoms with Crippen molar-refractivity contribution < 1.29 is 9.53 Å². The quantitative estimate of drug-likeness (QED) is 0.784. The second kappa shape index (κ2) is 4.63. The Labute approximate surface area is 111 Å². The number of esters is 1. The first kappa shape index (κ1) is 12.1. The predicted molar refractivity (Wildman–Crippen MR) is 69.7 cm³/mol. The zero-order valence-electron chi connectivity index (χ0n) is 10.8. The van der Waals surface area contributed by atoms with Gasteiger partial charge in [-0.3, -0.25) is 9.69 Å². The van der Waals surface area contributed by atoms with E-state index in [1.165, 1.54) is 23.4 Å². The van der Waals surface area contributed by atoms with Gasteiger partial charge in [-0.2, -0.15) is 0 Å². The van der Waals surface area contributed by atoms with Crippen molar-refractivity contribution in [3.05, 3.63) is 15.6 Å². The number of ether oxygens (including phenoxy) is 1. The molecule has 3 rings (SSSR count). The Kier molecular flexibility index (Phi) is 3.11. The van der Waals surface area contributed by atoms with Crippen LogP contribution in [0.5, 0.6) is 0 Å². The highest BCUT2D eigenvalue weighted by molar-refractivity contribution is 7.12. The topological polar surface area (TPSA) is 42.4 Å².